The highest BCUT2D eigenvalue weighted by atomic mass is 16.6. The maximum Gasteiger partial charge on any atom is 0.310 e. The third-order valence-corrected chi connectivity index (χ3v) is 8.80. The van der Waals surface area contributed by atoms with E-state index in [0.29, 0.717) is 79.3 Å². The molecule has 0 unspecified atom stereocenters. The van der Waals surface area contributed by atoms with Crippen molar-refractivity contribution in [2.24, 2.45) is 5.41 Å². The minimum absolute atomic E-state index is 0.0306. The van der Waals surface area contributed by atoms with Gasteiger partial charge in [-0.05, 0) is 45.9 Å². The summed E-state index contributed by atoms with van der Waals surface area (Å²) in [5, 5.41) is 19.4. The maximum absolute atomic E-state index is 12.2. The van der Waals surface area contributed by atoms with Crippen LogP contribution in [0.15, 0.2) is 48.5 Å². The normalized spacial score (nSPS) is 12.3. The van der Waals surface area contributed by atoms with Crippen molar-refractivity contribution in [3.8, 4) is 0 Å². The van der Waals surface area contributed by atoms with Crippen molar-refractivity contribution in [1.29, 1.82) is 0 Å². The van der Waals surface area contributed by atoms with E-state index in [1.807, 2.05) is 0 Å². The lowest BCUT2D eigenvalue weighted by Gasteiger charge is -2.27. The van der Waals surface area contributed by atoms with Crippen LogP contribution in [0.2, 0.25) is 0 Å². The van der Waals surface area contributed by atoms with E-state index in [0.717, 1.165) is 11.1 Å². The van der Waals surface area contributed by atoms with E-state index in [9.17, 15) is 19.8 Å². The number of rotatable bonds is 31. The Morgan fingerprint density at radius 1 is 0.444 bits per heavy atom. The lowest BCUT2D eigenvalue weighted by atomic mass is 9.78. The fourth-order valence-electron chi connectivity index (χ4n) is 5.32. The number of aliphatic carboxylic acids is 2. The second-order valence-corrected chi connectivity index (χ2v) is 15.3. The summed E-state index contributed by atoms with van der Waals surface area (Å²) in [6.45, 7) is 18.9. The highest BCUT2D eigenvalue weighted by molar-refractivity contribution is 5.81. The first kappa shape index (κ1) is 47.2. The quantitative estimate of drug-likeness (QED) is 0.0815. The van der Waals surface area contributed by atoms with Gasteiger partial charge in [0, 0.05) is 13.2 Å². The highest BCUT2D eigenvalue weighted by Crippen LogP contribution is 2.32. The molecule has 0 aliphatic heterocycles. The number of carbonyl (C=O) groups is 2. The Morgan fingerprint density at radius 3 is 0.981 bits per heavy atom. The molecule has 2 N–H and O–H groups in total. The Bertz CT molecular complexity index is 1200. The molecule has 0 atom stereocenters. The molecule has 0 amide bonds. The number of hydrogen-bond acceptors (Lipinski definition) is 10. The third kappa shape index (κ3) is 20.7. The van der Waals surface area contributed by atoms with E-state index >= 15 is 0 Å². The van der Waals surface area contributed by atoms with Crippen LogP contribution in [0, 0.1) is 5.41 Å². The first-order valence-corrected chi connectivity index (χ1v) is 19.0. The molecule has 306 valence electrons. The fourth-order valence-corrected chi connectivity index (χ4v) is 5.32. The van der Waals surface area contributed by atoms with Crippen molar-refractivity contribution in [3.63, 3.8) is 0 Å². The van der Waals surface area contributed by atoms with Gasteiger partial charge in [0.05, 0.1) is 104 Å². The summed E-state index contributed by atoms with van der Waals surface area (Å²) in [7, 11) is 0. The van der Waals surface area contributed by atoms with Crippen LogP contribution in [0.4, 0.5) is 0 Å². The Kier molecular flexibility index (Phi) is 22.7. The summed E-state index contributed by atoms with van der Waals surface area (Å²) in [4.78, 5) is 23.7. The molecule has 0 saturated heterocycles. The van der Waals surface area contributed by atoms with Crippen LogP contribution in [-0.2, 0) is 71.5 Å². The first-order chi connectivity index (χ1) is 25.7. The Balaban J connectivity index is 1.46. The van der Waals surface area contributed by atoms with Gasteiger partial charge in [0.1, 0.15) is 0 Å². The Morgan fingerprint density at radius 2 is 0.722 bits per heavy atom. The lowest BCUT2D eigenvalue weighted by molar-refractivity contribution is -0.158. The smallest absolute Gasteiger partial charge is 0.310 e. The van der Waals surface area contributed by atoms with E-state index in [1.165, 1.54) is 11.1 Å². The summed E-state index contributed by atoms with van der Waals surface area (Å²) in [6, 6.07) is 16.9. The molecule has 12 heteroatoms. The van der Waals surface area contributed by atoms with Crippen molar-refractivity contribution >= 4 is 11.9 Å². The number of benzene rings is 2. The van der Waals surface area contributed by atoms with Gasteiger partial charge in [-0.25, -0.2) is 0 Å². The summed E-state index contributed by atoms with van der Waals surface area (Å²) < 4.78 is 44.6. The van der Waals surface area contributed by atoms with Gasteiger partial charge in [-0.3, -0.25) is 9.59 Å². The molecule has 0 spiro atoms. The average Bonchev–Trinajstić information content (AvgIpc) is 3.11. The third-order valence-electron chi connectivity index (χ3n) is 8.80. The fraction of sp³-hybridized carbons (Fsp3) is 0.667. The second-order valence-electron chi connectivity index (χ2n) is 15.3. The summed E-state index contributed by atoms with van der Waals surface area (Å²) in [5.74, 6) is -2.38. The Hall–Kier alpha value is -2.94. The predicted molar refractivity (Wildman–Crippen MR) is 206 cm³/mol. The van der Waals surface area contributed by atoms with Crippen LogP contribution in [0.1, 0.15) is 83.1 Å². The molecular weight excluding hydrogens is 696 g/mol. The molecule has 12 nitrogen and oxygen atoms in total. The lowest BCUT2D eigenvalue weighted by Crippen LogP contribution is -2.36. The molecule has 0 fully saturated rings. The molecular formula is C42H66O12. The van der Waals surface area contributed by atoms with Crippen molar-refractivity contribution in [2.45, 2.75) is 84.8 Å². The second kappa shape index (κ2) is 26.0. The number of carboxylic acids is 2. The topological polar surface area (TPSA) is 148 Å². The van der Waals surface area contributed by atoms with E-state index in [1.54, 1.807) is 0 Å². The number of hydrogen-bond donors (Lipinski definition) is 2. The molecule has 2 aromatic rings. The van der Waals surface area contributed by atoms with Gasteiger partial charge in [-0.1, -0.05) is 90.1 Å². The van der Waals surface area contributed by atoms with Crippen LogP contribution in [0.25, 0.3) is 0 Å². The molecule has 0 saturated carbocycles. The van der Waals surface area contributed by atoms with Crippen molar-refractivity contribution in [3.05, 3.63) is 70.8 Å². The number of ether oxygens (including phenoxy) is 8. The van der Waals surface area contributed by atoms with Crippen molar-refractivity contribution in [1.82, 2.24) is 0 Å². The minimum atomic E-state index is -1.51. The van der Waals surface area contributed by atoms with E-state index in [-0.39, 0.29) is 50.1 Å². The van der Waals surface area contributed by atoms with Gasteiger partial charge in [0.25, 0.3) is 0 Å². The standard InChI is InChI=1S/C42H66O12/c1-40(2,3)36-11-7-34(8-12-36)32-53-29-27-51-25-23-49-21-19-47-17-15-42(39(45)46,31-38(43)44)16-18-48-20-22-50-24-26-52-28-30-54-33-35-9-13-37(14-10-35)41(4,5)6/h7-14H,15-33H2,1-6H3,(H,43,44)(H,45,46). The number of carboxylic acid groups (broad SMARTS) is 2. The summed E-state index contributed by atoms with van der Waals surface area (Å²) >= 11 is 0. The summed E-state index contributed by atoms with van der Waals surface area (Å²) in [6.07, 6.45) is -0.469. The predicted octanol–water partition coefficient (Wildman–Crippen LogP) is 6.44. The zero-order valence-corrected chi connectivity index (χ0v) is 33.5. The van der Waals surface area contributed by atoms with Gasteiger partial charge in [-0.15, -0.1) is 0 Å². The van der Waals surface area contributed by atoms with Crippen LogP contribution in [-0.4, -0.2) is 115 Å². The molecule has 0 aromatic heterocycles. The van der Waals surface area contributed by atoms with E-state index in [2.05, 4.69) is 90.1 Å². The molecule has 2 rings (SSSR count). The van der Waals surface area contributed by atoms with Crippen LogP contribution < -0.4 is 0 Å². The minimum Gasteiger partial charge on any atom is -0.481 e. The Labute approximate surface area is 322 Å². The summed E-state index contributed by atoms with van der Waals surface area (Å²) in [5.41, 5.74) is 3.55. The van der Waals surface area contributed by atoms with Crippen molar-refractivity contribution in [2.75, 3.05) is 92.5 Å². The van der Waals surface area contributed by atoms with Gasteiger partial charge in [0.2, 0.25) is 0 Å². The van der Waals surface area contributed by atoms with Gasteiger partial charge in [-0.2, -0.15) is 0 Å². The van der Waals surface area contributed by atoms with Gasteiger partial charge >= 0.3 is 11.9 Å². The van der Waals surface area contributed by atoms with Crippen LogP contribution >= 0.6 is 0 Å². The van der Waals surface area contributed by atoms with Crippen LogP contribution in [0.5, 0.6) is 0 Å². The van der Waals surface area contributed by atoms with Crippen molar-refractivity contribution < 1.29 is 57.7 Å². The average molecular weight is 763 g/mol. The zero-order valence-electron chi connectivity index (χ0n) is 33.5. The first-order valence-electron chi connectivity index (χ1n) is 19.0. The largest absolute Gasteiger partial charge is 0.481 e. The SMILES string of the molecule is CC(C)(C)c1ccc(COCCOCCOCCOCCC(CCOCCOCCOCCOCc2ccc(C(C)(C)C)cc2)(CC(=O)O)C(=O)O)cc1. The molecule has 2 aromatic carbocycles. The molecule has 0 aliphatic rings. The molecule has 0 radical (unpaired) electrons. The van der Waals surface area contributed by atoms with Gasteiger partial charge < -0.3 is 48.1 Å². The highest BCUT2D eigenvalue weighted by Gasteiger charge is 2.40. The molecule has 0 bridgehead atoms. The molecule has 54 heavy (non-hydrogen) atoms. The van der Waals surface area contributed by atoms with Gasteiger partial charge in [0.15, 0.2) is 0 Å². The monoisotopic (exact) mass is 762 g/mol. The zero-order chi connectivity index (χ0) is 39.7. The van der Waals surface area contributed by atoms with Crippen LogP contribution in [0.3, 0.4) is 0 Å². The van der Waals surface area contributed by atoms with E-state index < -0.39 is 23.8 Å². The molecule has 0 heterocycles. The van der Waals surface area contributed by atoms with E-state index in [4.69, 9.17) is 37.9 Å². The maximum atomic E-state index is 12.2. The molecule has 0 aliphatic carbocycles.